The lowest BCUT2D eigenvalue weighted by Crippen LogP contribution is -2.49. The maximum atomic E-state index is 16.1. The topological polar surface area (TPSA) is 88.6 Å². The number of pyridine rings is 1. The lowest BCUT2D eigenvalue weighted by Gasteiger charge is -2.40. The van der Waals surface area contributed by atoms with Crippen LogP contribution in [0.1, 0.15) is 90.4 Å². The maximum Gasteiger partial charge on any atom is 0.416 e. The van der Waals surface area contributed by atoms with Gasteiger partial charge >= 0.3 is 12.1 Å². The van der Waals surface area contributed by atoms with Gasteiger partial charge in [-0.1, -0.05) is 31.5 Å². The van der Waals surface area contributed by atoms with Gasteiger partial charge in [-0.3, -0.25) is 9.59 Å². The number of aliphatic carboxylic acids is 1. The molecule has 3 aromatic rings. The molecule has 0 amide bonds. The quantitative estimate of drug-likeness (QED) is 0.193. The fraction of sp³-hybridized carbons (Fsp3) is 0.526. The van der Waals surface area contributed by atoms with Crippen molar-refractivity contribution in [2.45, 2.75) is 97.8 Å². The predicted octanol–water partition coefficient (Wildman–Crippen LogP) is 7.72. The Labute approximate surface area is 280 Å². The van der Waals surface area contributed by atoms with E-state index in [1.807, 2.05) is 46.8 Å². The number of aryl methyl sites for hydroxylation is 4. The predicted molar refractivity (Wildman–Crippen MR) is 180 cm³/mol. The highest BCUT2D eigenvalue weighted by molar-refractivity contribution is 5.74. The van der Waals surface area contributed by atoms with Gasteiger partial charge in [0, 0.05) is 43.9 Å². The molecule has 1 aliphatic heterocycles. The van der Waals surface area contributed by atoms with E-state index in [1.54, 1.807) is 19.1 Å². The third kappa shape index (κ3) is 7.54. The minimum absolute atomic E-state index is 0.0102. The van der Waals surface area contributed by atoms with Crippen LogP contribution in [0.4, 0.5) is 17.6 Å². The van der Waals surface area contributed by atoms with E-state index in [9.17, 15) is 27.9 Å². The average molecular weight is 670 g/mol. The normalized spacial score (nSPS) is 17.8. The van der Waals surface area contributed by atoms with Crippen molar-refractivity contribution < 1.29 is 27.5 Å². The third-order valence-electron chi connectivity index (χ3n) is 10.3. The van der Waals surface area contributed by atoms with Crippen LogP contribution in [-0.2, 0) is 17.4 Å². The Balaban J connectivity index is 1.59. The van der Waals surface area contributed by atoms with Gasteiger partial charge in [-0.05, 0) is 116 Å². The van der Waals surface area contributed by atoms with Crippen LogP contribution in [0.3, 0.4) is 0 Å². The first-order valence-electron chi connectivity index (χ1n) is 16.8. The molecule has 3 N–H and O–H groups in total. The molecule has 6 nitrogen and oxygen atoms in total. The Bertz CT molecular complexity index is 1730. The van der Waals surface area contributed by atoms with Crippen molar-refractivity contribution >= 4 is 5.97 Å². The Morgan fingerprint density at radius 2 is 1.62 bits per heavy atom. The zero-order valence-electron chi connectivity index (χ0n) is 28.7. The summed E-state index contributed by atoms with van der Waals surface area (Å²) in [4.78, 5) is 28.0. The Morgan fingerprint density at radius 3 is 2.17 bits per heavy atom. The largest absolute Gasteiger partial charge is 0.481 e. The number of rotatable bonds is 12. The van der Waals surface area contributed by atoms with Crippen LogP contribution in [0.2, 0.25) is 0 Å². The molecule has 2 aromatic carbocycles. The summed E-state index contributed by atoms with van der Waals surface area (Å²) in [5, 5.41) is 10.0. The van der Waals surface area contributed by atoms with Crippen molar-refractivity contribution in [3.05, 3.63) is 91.6 Å². The van der Waals surface area contributed by atoms with Gasteiger partial charge in [0.2, 0.25) is 0 Å². The zero-order valence-corrected chi connectivity index (χ0v) is 28.7. The minimum Gasteiger partial charge on any atom is -0.481 e. The number of benzene rings is 2. The molecule has 3 atom stereocenters. The minimum atomic E-state index is -4.73. The highest BCUT2D eigenvalue weighted by Crippen LogP contribution is 2.52. The molecule has 1 saturated heterocycles. The number of halogens is 4. The number of likely N-dealkylation sites (tertiary alicyclic amines) is 1. The van der Waals surface area contributed by atoms with Gasteiger partial charge in [0.25, 0.3) is 5.56 Å². The molecule has 2 fully saturated rings. The Hall–Kier alpha value is -3.50. The number of carbonyl (C=O) groups is 1. The van der Waals surface area contributed by atoms with Crippen LogP contribution < -0.4 is 11.3 Å². The summed E-state index contributed by atoms with van der Waals surface area (Å²) in [6.45, 7) is 13.5. The molecular weight excluding hydrogens is 622 g/mol. The Morgan fingerprint density at radius 1 is 1.00 bits per heavy atom. The number of hydrogen-bond acceptors (Lipinski definition) is 4. The molecule has 2 heterocycles. The number of nitrogens with two attached hydrogens (primary N) is 1. The molecular formula is C38H47F4N3O3. The number of nitrogens with zero attached hydrogens (tertiary/aromatic N) is 2. The number of carboxylic acid groups (broad SMARTS) is 1. The molecule has 5 rings (SSSR count). The van der Waals surface area contributed by atoms with Gasteiger partial charge < -0.3 is 20.3 Å². The lowest BCUT2D eigenvalue weighted by molar-refractivity contribution is -0.139. The molecule has 0 bridgehead atoms. The second kappa shape index (κ2) is 13.4. The highest BCUT2D eigenvalue weighted by Gasteiger charge is 2.51. The first-order chi connectivity index (χ1) is 22.4. The molecule has 10 heteroatoms. The van der Waals surface area contributed by atoms with E-state index in [4.69, 9.17) is 5.73 Å². The van der Waals surface area contributed by atoms with E-state index in [0.29, 0.717) is 23.6 Å². The van der Waals surface area contributed by atoms with Gasteiger partial charge in [0.1, 0.15) is 5.82 Å². The summed E-state index contributed by atoms with van der Waals surface area (Å²) in [5.74, 6) is -2.93. The first-order valence-corrected chi connectivity index (χ1v) is 16.8. The molecule has 260 valence electrons. The van der Waals surface area contributed by atoms with Crippen LogP contribution in [0, 0.1) is 44.8 Å². The summed E-state index contributed by atoms with van der Waals surface area (Å²) >= 11 is 0. The second-order valence-corrected chi connectivity index (χ2v) is 14.9. The van der Waals surface area contributed by atoms with Crippen LogP contribution in [-0.4, -0.2) is 46.2 Å². The van der Waals surface area contributed by atoms with Crippen LogP contribution >= 0.6 is 0 Å². The smallest absolute Gasteiger partial charge is 0.416 e. The summed E-state index contributed by atoms with van der Waals surface area (Å²) in [6.07, 6.45) is -1.32. The summed E-state index contributed by atoms with van der Waals surface area (Å²) in [6, 6.07) is 6.06. The van der Waals surface area contributed by atoms with E-state index in [0.717, 1.165) is 53.7 Å². The molecule has 3 unspecified atom stereocenters. The van der Waals surface area contributed by atoms with Gasteiger partial charge in [0.15, 0.2) is 0 Å². The SMILES string of the molecule is Cc1cc(C)c(-c2cc(C)c(F)c(C(CC(=O)O)C(N)C(CC(C)C)n3cc(CCN4CC5(CC5)C4)c(C(F)(F)F)cc3=O)c2)c(C)c1. The molecule has 1 aliphatic carbocycles. The van der Waals surface area contributed by atoms with Crippen molar-refractivity contribution in [1.29, 1.82) is 0 Å². The van der Waals surface area contributed by atoms with Crippen molar-refractivity contribution in [3.63, 3.8) is 0 Å². The van der Waals surface area contributed by atoms with E-state index in [2.05, 4.69) is 4.90 Å². The maximum absolute atomic E-state index is 16.1. The standard InChI is InChI=1S/C38H47F4N3O3/c1-21(2)11-31(45-18-26(30(17-32(45)46)38(40,41)42)7-10-44-19-37(20-44)8-9-37)36(43)29(16-33(47)48)28-15-27(14-25(6)35(28)39)34-23(4)12-22(3)13-24(34)5/h12-15,17-18,21,29,31,36H,7-11,16,19-20,43H2,1-6H3,(H,47,48). The third-order valence-corrected chi connectivity index (χ3v) is 10.3. The van der Waals surface area contributed by atoms with Gasteiger partial charge in [-0.2, -0.15) is 13.2 Å². The summed E-state index contributed by atoms with van der Waals surface area (Å²) < 4.78 is 60.0. The van der Waals surface area contributed by atoms with Crippen molar-refractivity contribution in [2.75, 3.05) is 19.6 Å². The molecule has 2 aliphatic rings. The summed E-state index contributed by atoms with van der Waals surface area (Å²) in [7, 11) is 0. The fourth-order valence-electron chi connectivity index (χ4n) is 7.84. The summed E-state index contributed by atoms with van der Waals surface area (Å²) in [5.41, 5.74) is 10.5. The number of carboxylic acids is 1. The average Bonchev–Trinajstić information content (AvgIpc) is 3.75. The van der Waals surface area contributed by atoms with Crippen molar-refractivity contribution in [2.24, 2.45) is 17.1 Å². The van der Waals surface area contributed by atoms with Crippen LogP contribution in [0.15, 0.2) is 41.3 Å². The first kappa shape index (κ1) is 35.8. The van der Waals surface area contributed by atoms with Gasteiger partial charge in [-0.25, -0.2) is 4.39 Å². The van der Waals surface area contributed by atoms with Crippen molar-refractivity contribution in [3.8, 4) is 11.1 Å². The molecule has 48 heavy (non-hydrogen) atoms. The van der Waals surface area contributed by atoms with E-state index < -0.39 is 53.5 Å². The molecule has 1 spiro atoms. The fourth-order valence-corrected chi connectivity index (χ4v) is 7.84. The zero-order chi connectivity index (χ0) is 35.3. The van der Waals surface area contributed by atoms with E-state index in [1.165, 1.54) is 10.8 Å². The number of aromatic nitrogens is 1. The highest BCUT2D eigenvalue weighted by atomic mass is 19.4. The molecule has 1 aromatic heterocycles. The van der Waals surface area contributed by atoms with Crippen molar-refractivity contribution in [1.82, 2.24) is 9.47 Å². The lowest BCUT2D eigenvalue weighted by atomic mass is 9.80. The van der Waals surface area contributed by atoms with Crippen LogP contribution in [0.25, 0.3) is 11.1 Å². The molecule has 0 radical (unpaired) electrons. The molecule has 1 saturated carbocycles. The monoisotopic (exact) mass is 669 g/mol. The number of hydrogen-bond donors (Lipinski definition) is 2. The van der Waals surface area contributed by atoms with Crippen LogP contribution in [0.5, 0.6) is 0 Å². The van der Waals surface area contributed by atoms with Gasteiger partial charge in [-0.15, -0.1) is 0 Å². The van der Waals surface area contributed by atoms with E-state index in [-0.39, 0.29) is 29.9 Å². The second-order valence-electron chi connectivity index (χ2n) is 14.9. The number of alkyl halides is 3. The van der Waals surface area contributed by atoms with E-state index >= 15 is 4.39 Å². The van der Waals surface area contributed by atoms with Gasteiger partial charge in [0.05, 0.1) is 18.0 Å². The Kier molecular flexibility index (Phi) is 10.0.